The van der Waals surface area contributed by atoms with E-state index in [1.165, 1.54) is 7.11 Å². The number of benzene rings is 1. The molecule has 4 N–H and O–H groups in total. The number of hydrogen-bond donors (Lipinski definition) is 3. The van der Waals surface area contributed by atoms with Crippen LogP contribution in [0.4, 0.5) is 5.69 Å². The lowest BCUT2D eigenvalue weighted by atomic mass is 9.96. The topological polar surface area (TPSA) is 93.8 Å². The van der Waals surface area contributed by atoms with Gasteiger partial charge in [0.2, 0.25) is 0 Å². The Bertz CT molecular complexity index is 506. The Morgan fingerprint density at radius 3 is 3.00 bits per heavy atom. The van der Waals surface area contributed by atoms with Crippen molar-refractivity contribution in [3.05, 3.63) is 23.8 Å². The van der Waals surface area contributed by atoms with Crippen molar-refractivity contribution in [1.29, 1.82) is 0 Å². The van der Waals surface area contributed by atoms with E-state index in [0.717, 1.165) is 0 Å². The first-order valence-electron chi connectivity index (χ1n) is 6.52. The maximum Gasteiger partial charge on any atom is 0.253 e. The van der Waals surface area contributed by atoms with Crippen molar-refractivity contribution in [3.8, 4) is 5.75 Å². The zero-order valence-corrected chi connectivity index (χ0v) is 11.7. The highest BCUT2D eigenvalue weighted by molar-refractivity contribution is 5.99. The average molecular weight is 280 g/mol. The van der Waals surface area contributed by atoms with Crippen molar-refractivity contribution < 1.29 is 19.4 Å². The summed E-state index contributed by atoms with van der Waals surface area (Å²) in [6.45, 7) is 2.41. The van der Waals surface area contributed by atoms with E-state index in [1.807, 2.05) is 0 Å². The van der Waals surface area contributed by atoms with Gasteiger partial charge in [-0.25, -0.2) is 0 Å². The molecule has 1 fully saturated rings. The smallest absolute Gasteiger partial charge is 0.253 e. The van der Waals surface area contributed by atoms with E-state index in [-0.39, 0.29) is 18.6 Å². The predicted molar refractivity (Wildman–Crippen MR) is 74.7 cm³/mol. The molecule has 1 aliphatic heterocycles. The fourth-order valence-corrected chi connectivity index (χ4v) is 2.19. The Hall–Kier alpha value is -1.79. The monoisotopic (exact) mass is 280 g/mol. The molecule has 20 heavy (non-hydrogen) atoms. The van der Waals surface area contributed by atoms with Crippen molar-refractivity contribution in [2.24, 2.45) is 0 Å². The van der Waals surface area contributed by atoms with Crippen LogP contribution in [0.1, 0.15) is 23.7 Å². The molecule has 110 valence electrons. The molecule has 0 radical (unpaired) electrons. The van der Waals surface area contributed by atoms with Crippen molar-refractivity contribution >= 4 is 11.6 Å². The molecular weight excluding hydrogens is 260 g/mol. The fourth-order valence-electron chi connectivity index (χ4n) is 2.19. The van der Waals surface area contributed by atoms with Crippen molar-refractivity contribution in [2.45, 2.75) is 25.0 Å². The van der Waals surface area contributed by atoms with Crippen molar-refractivity contribution in [3.63, 3.8) is 0 Å². The van der Waals surface area contributed by atoms with Gasteiger partial charge in [-0.3, -0.25) is 4.79 Å². The molecule has 6 heteroatoms. The lowest BCUT2D eigenvalue weighted by Gasteiger charge is -2.26. The van der Waals surface area contributed by atoms with Crippen LogP contribution in [-0.2, 0) is 4.74 Å². The molecule has 2 atom stereocenters. The standard InChI is InChI=1S/C14H20N2O4/c1-9-14(18,5-6-20-9)8-16-13(17)11-7-10(19-2)3-4-12(11)15/h3-4,7,9,18H,5-6,8,15H2,1-2H3,(H,16,17). The molecule has 1 aromatic rings. The Morgan fingerprint density at radius 2 is 2.40 bits per heavy atom. The van der Waals surface area contributed by atoms with Gasteiger partial charge >= 0.3 is 0 Å². The van der Waals surface area contributed by atoms with Gasteiger partial charge in [-0.2, -0.15) is 0 Å². The first-order valence-corrected chi connectivity index (χ1v) is 6.52. The molecule has 2 rings (SSSR count). The van der Waals surface area contributed by atoms with Crippen molar-refractivity contribution in [2.75, 3.05) is 26.0 Å². The van der Waals surface area contributed by atoms with Gasteiger partial charge in [0.15, 0.2) is 0 Å². The first-order chi connectivity index (χ1) is 9.46. The number of nitrogen functional groups attached to an aromatic ring is 1. The molecule has 0 spiro atoms. The molecule has 1 aromatic carbocycles. The highest BCUT2D eigenvalue weighted by atomic mass is 16.5. The van der Waals surface area contributed by atoms with E-state index < -0.39 is 5.60 Å². The second-order valence-electron chi connectivity index (χ2n) is 5.00. The summed E-state index contributed by atoms with van der Waals surface area (Å²) in [6, 6.07) is 4.87. The van der Waals surface area contributed by atoms with Crippen LogP contribution in [0.3, 0.4) is 0 Å². The SMILES string of the molecule is COc1ccc(N)c(C(=O)NCC2(O)CCOC2C)c1. The molecule has 1 saturated heterocycles. The van der Waals surface area contributed by atoms with E-state index in [2.05, 4.69) is 5.32 Å². The zero-order chi connectivity index (χ0) is 14.8. The zero-order valence-electron chi connectivity index (χ0n) is 11.7. The minimum Gasteiger partial charge on any atom is -0.497 e. The van der Waals surface area contributed by atoms with Crippen LogP contribution >= 0.6 is 0 Å². The number of amides is 1. The number of anilines is 1. The highest BCUT2D eigenvalue weighted by Crippen LogP contribution is 2.25. The maximum absolute atomic E-state index is 12.1. The third kappa shape index (κ3) is 2.86. The summed E-state index contributed by atoms with van der Waals surface area (Å²) in [7, 11) is 1.52. The highest BCUT2D eigenvalue weighted by Gasteiger charge is 2.39. The van der Waals surface area contributed by atoms with E-state index in [4.69, 9.17) is 15.2 Å². The number of nitrogens with one attached hydrogen (secondary N) is 1. The number of rotatable bonds is 4. The van der Waals surface area contributed by atoms with E-state index >= 15 is 0 Å². The normalized spacial score (nSPS) is 25.4. The summed E-state index contributed by atoms with van der Waals surface area (Å²) in [4.78, 5) is 12.1. The third-order valence-electron chi connectivity index (χ3n) is 3.72. The summed E-state index contributed by atoms with van der Waals surface area (Å²) in [6.07, 6.45) is 0.202. The van der Waals surface area contributed by atoms with E-state index in [1.54, 1.807) is 25.1 Å². The molecule has 0 bridgehead atoms. The summed E-state index contributed by atoms with van der Waals surface area (Å²) in [5.41, 5.74) is 5.46. The number of hydrogen-bond acceptors (Lipinski definition) is 5. The van der Waals surface area contributed by atoms with Gasteiger partial charge in [-0.15, -0.1) is 0 Å². The van der Waals surface area contributed by atoms with Gasteiger partial charge in [0, 0.05) is 25.3 Å². The molecule has 6 nitrogen and oxygen atoms in total. The minimum atomic E-state index is -1.02. The van der Waals surface area contributed by atoms with Crippen LogP contribution < -0.4 is 15.8 Å². The summed E-state index contributed by atoms with van der Waals surface area (Å²) >= 11 is 0. The Morgan fingerprint density at radius 1 is 1.65 bits per heavy atom. The van der Waals surface area contributed by atoms with Gasteiger partial charge < -0.3 is 25.6 Å². The van der Waals surface area contributed by atoms with Crippen LogP contribution in [0.15, 0.2) is 18.2 Å². The first kappa shape index (κ1) is 14.6. The molecular formula is C14H20N2O4. The number of ether oxygens (including phenoxy) is 2. The quantitative estimate of drug-likeness (QED) is 0.700. The summed E-state index contributed by atoms with van der Waals surface area (Å²) in [5, 5.41) is 13.0. The molecule has 0 aromatic heterocycles. The van der Waals surface area contributed by atoms with Gasteiger partial charge in [0.05, 0.1) is 18.8 Å². The van der Waals surface area contributed by atoms with Gasteiger partial charge in [-0.1, -0.05) is 0 Å². The number of carbonyl (C=O) groups is 1. The molecule has 1 aliphatic rings. The fraction of sp³-hybridized carbons (Fsp3) is 0.500. The third-order valence-corrected chi connectivity index (χ3v) is 3.72. The van der Waals surface area contributed by atoms with Crippen LogP contribution in [0, 0.1) is 0 Å². The Labute approximate surface area is 117 Å². The second kappa shape index (κ2) is 5.68. The van der Waals surface area contributed by atoms with Crippen LogP contribution in [-0.4, -0.2) is 43.0 Å². The number of methoxy groups -OCH3 is 1. The average Bonchev–Trinajstić information content (AvgIpc) is 2.77. The lowest BCUT2D eigenvalue weighted by Crippen LogP contribution is -2.47. The van der Waals surface area contributed by atoms with Gasteiger partial charge in [0.25, 0.3) is 5.91 Å². The Kier molecular flexibility index (Phi) is 4.15. The predicted octanol–water partition coefficient (Wildman–Crippen LogP) is 0.547. The summed E-state index contributed by atoms with van der Waals surface area (Å²) in [5.74, 6) is 0.217. The van der Waals surface area contributed by atoms with Gasteiger partial charge in [0.1, 0.15) is 11.4 Å². The molecule has 2 unspecified atom stereocenters. The van der Waals surface area contributed by atoms with E-state index in [9.17, 15) is 9.90 Å². The summed E-state index contributed by atoms with van der Waals surface area (Å²) < 4.78 is 10.4. The van der Waals surface area contributed by atoms with Crippen molar-refractivity contribution in [1.82, 2.24) is 5.32 Å². The number of aliphatic hydroxyl groups is 1. The molecule has 0 saturated carbocycles. The number of carbonyl (C=O) groups excluding carboxylic acids is 1. The largest absolute Gasteiger partial charge is 0.497 e. The molecule has 1 heterocycles. The molecule has 1 amide bonds. The lowest BCUT2D eigenvalue weighted by molar-refractivity contribution is -0.0251. The molecule has 0 aliphatic carbocycles. The van der Waals surface area contributed by atoms with Crippen LogP contribution in [0.2, 0.25) is 0 Å². The van der Waals surface area contributed by atoms with Crippen LogP contribution in [0.25, 0.3) is 0 Å². The van der Waals surface area contributed by atoms with E-state index in [0.29, 0.717) is 30.0 Å². The minimum absolute atomic E-state index is 0.129. The number of nitrogens with two attached hydrogens (primary N) is 1. The second-order valence-corrected chi connectivity index (χ2v) is 5.00. The van der Waals surface area contributed by atoms with Crippen LogP contribution in [0.5, 0.6) is 5.75 Å². The Balaban J connectivity index is 2.05. The van der Waals surface area contributed by atoms with Gasteiger partial charge in [-0.05, 0) is 25.1 Å². The maximum atomic E-state index is 12.1.